The molecule has 0 saturated heterocycles. The van der Waals surface area contributed by atoms with Crippen LogP contribution < -0.4 is 16.4 Å². The number of amides is 3. The van der Waals surface area contributed by atoms with Crippen LogP contribution in [-0.2, 0) is 4.79 Å². The lowest BCUT2D eigenvalue weighted by Crippen LogP contribution is -2.41. The molecule has 0 radical (unpaired) electrons. The van der Waals surface area contributed by atoms with E-state index >= 15 is 0 Å². The summed E-state index contributed by atoms with van der Waals surface area (Å²) in [7, 11) is 0. The third-order valence-electron chi connectivity index (χ3n) is 6.53. The molecule has 1 unspecified atom stereocenters. The van der Waals surface area contributed by atoms with Crippen LogP contribution >= 0.6 is 0 Å². The lowest BCUT2D eigenvalue weighted by Gasteiger charge is -2.27. The Morgan fingerprint density at radius 1 is 0.811 bits per heavy atom. The smallest absolute Gasteiger partial charge is 0.261 e. The van der Waals surface area contributed by atoms with Gasteiger partial charge in [0.1, 0.15) is 0 Å². The molecule has 1 aliphatic rings. The normalized spacial score (nSPS) is 13.5. The maximum Gasteiger partial charge on any atom is 0.261 e. The molecule has 3 amide bonds. The summed E-state index contributed by atoms with van der Waals surface area (Å²) < 4.78 is 0. The zero-order valence-electron chi connectivity index (χ0n) is 20.5. The predicted molar refractivity (Wildman–Crippen MR) is 147 cm³/mol. The Bertz CT molecular complexity index is 1430. The summed E-state index contributed by atoms with van der Waals surface area (Å²) in [5.41, 5.74) is 10.5. The second-order valence-electron chi connectivity index (χ2n) is 9.18. The van der Waals surface area contributed by atoms with E-state index in [-0.39, 0.29) is 17.7 Å². The molecule has 1 heterocycles. The van der Waals surface area contributed by atoms with E-state index in [1.165, 1.54) is 4.90 Å². The molecule has 0 aliphatic carbocycles. The van der Waals surface area contributed by atoms with Gasteiger partial charge in [-0.25, -0.2) is 0 Å². The SMILES string of the molecule is CC(N)C(=O)Nc1ccc(-c2ccc(NCCCN3C(=O)c4cccc5cccc(c45)C3=O)cc2)cc1. The standard InChI is InChI=1S/C30H28N4O3/c1-19(31)28(35)33-24-15-11-21(12-16-24)20-9-13-23(14-10-20)32-17-4-18-34-29(36)25-7-2-5-22-6-3-8-26(27(22)25)30(34)37/h2-3,5-16,19,32H,4,17-18,31H2,1H3,(H,33,35). The number of carbonyl (C=O) groups excluding carboxylic acids is 3. The van der Waals surface area contributed by atoms with Crippen molar-refractivity contribution < 1.29 is 14.4 Å². The first-order chi connectivity index (χ1) is 17.9. The Hall–Kier alpha value is -4.49. The van der Waals surface area contributed by atoms with Crippen molar-refractivity contribution in [2.45, 2.75) is 19.4 Å². The van der Waals surface area contributed by atoms with Gasteiger partial charge in [-0.15, -0.1) is 0 Å². The lowest BCUT2D eigenvalue weighted by molar-refractivity contribution is -0.117. The highest BCUT2D eigenvalue weighted by Crippen LogP contribution is 2.30. The molecule has 186 valence electrons. The zero-order valence-corrected chi connectivity index (χ0v) is 20.5. The van der Waals surface area contributed by atoms with Gasteiger partial charge in [-0.05, 0) is 66.3 Å². The Labute approximate surface area is 215 Å². The van der Waals surface area contributed by atoms with Crippen molar-refractivity contribution in [2.75, 3.05) is 23.7 Å². The van der Waals surface area contributed by atoms with Gasteiger partial charge in [0, 0.05) is 41.0 Å². The average Bonchev–Trinajstić information content (AvgIpc) is 2.92. The van der Waals surface area contributed by atoms with Crippen LogP contribution in [0.1, 0.15) is 34.1 Å². The Morgan fingerprint density at radius 2 is 1.35 bits per heavy atom. The van der Waals surface area contributed by atoms with E-state index in [2.05, 4.69) is 10.6 Å². The molecule has 0 fully saturated rings. The van der Waals surface area contributed by atoms with Crippen molar-refractivity contribution in [2.24, 2.45) is 5.73 Å². The van der Waals surface area contributed by atoms with Gasteiger partial charge in [-0.1, -0.05) is 48.5 Å². The van der Waals surface area contributed by atoms with Crippen molar-refractivity contribution in [3.63, 3.8) is 0 Å². The maximum absolute atomic E-state index is 13.0. The number of nitrogens with two attached hydrogens (primary N) is 1. The largest absolute Gasteiger partial charge is 0.385 e. The van der Waals surface area contributed by atoms with Crippen LogP contribution in [0.3, 0.4) is 0 Å². The van der Waals surface area contributed by atoms with E-state index in [9.17, 15) is 14.4 Å². The molecular weight excluding hydrogens is 464 g/mol. The highest BCUT2D eigenvalue weighted by molar-refractivity contribution is 6.25. The van der Waals surface area contributed by atoms with Crippen molar-refractivity contribution in [3.05, 3.63) is 96.1 Å². The van der Waals surface area contributed by atoms with Gasteiger partial charge in [-0.3, -0.25) is 19.3 Å². The lowest BCUT2D eigenvalue weighted by atomic mass is 9.94. The molecule has 0 bridgehead atoms. The van der Waals surface area contributed by atoms with Crippen molar-refractivity contribution in [3.8, 4) is 11.1 Å². The molecule has 0 saturated carbocycles. The molecule has 4 N–H and O–H groups in total. The second kappa shape index (κ2) is 10.2. The molecule has 5 rings (SSSR count). The van der Waals surface area contributed by atoms with Crippen LogP contribution in [0.25, 0.3) is 21.9 Å². The van der Waals surface area contributed by atoms with Gasteiger partial charge in [0.25, 0.3) is 11.8 Å². The van der Waals surface area contributed by atoms with Crippen LogP contribution in [0.4, 0.5) is 11.4 Å². The summed E-state index contributed by atoms with van der Waals surface area (Å²) in [6.45, 7) is 2.61. The second-order valence-corrected chi connectivity index (χ2v) is 9.18. The van der Waals surface area contributed by atoms with E-state index in [0.29, 0.717) is 36.3 Å². The summed E-state index contributed by atoms with van der Waals surface area (Å²) in [6.07, 6.45) is 0.631. The highest BCUT2D eigenvalue weighted by atomic mass is 16.2. The predicted octanol–water partition coefficient (Wildman–Crippen LogP) is 4.89. The monoisotopic (exact) mass is 492 g/mol. The van der Waals surface area contributed by atoms with Gasteiger partial charge in [0.05, 0.1) is 6.04 Å². The maximum atomic E-state index is 13.0. The number of rotatable bonds is 8. The summed E-state index contributed by atoms with van der Waals surface area (Å²) >= 11 is 0. The molecule has 4 aromatic rings. The topological polar surface area (TPSA) is 105 Å². The molecule has 37 heavy (non-hydrogen) atoms. The van der Waals surface area contributed by atoms with Crippen LogP contribution in [-0.4, -0.2) is 41.8 Å². The first-order valence-corrected chi connectivity index (χ1v) is 12.3. The van der Waals surface area contributed by atoms with E-state index in [4.69, 9.17) is 5.73 Å². The van der Waals surface area contributed by atoms with Crippen molar-refractivity contribution >= 4 is 39.9 Å². The number of benzene rings is 4. The van der Waals surface area contributed by atoms with E-state index in [1.54, 1.807) is 19.1 Å². The number of imide groups is 1. The fraction of sp³-hybridized carbons (Fsp3) is 0.167. The molecular formula is C30H28N4O3. The van der Waals surface area contributed by atoms with Crippen molar-refractivity contribution in [1.29, 1.82) is 0 Å². The zero-order chi connectivity index (χ0) is 25.9. The third kappa shape index (κ3) is 4.94. The summed E-state index contributed by atoms with van der Waals surface area (Å²) in [5.74, 6) is -0.692. The van der Waals surface area contributed by atoms with E-state index in [0.717, 1.165) is 27.6 Å². The molecule has 0 spiro atoms. The number of nitrogens with zero attached hydrogens (tertiary/aromatic N) is 1. The molecule has 1 atom stereocenters. The fourth-order valence-electron chi connectivity index (χ4n) is 4.54. The van der Waals surface area contributed by atoms with Gasteiger partial charge >= 0.3 is 0 Å². The molecule has 7 heteroatoms. The number of nitrogens with one attached hydrogen (secondary N) is 2. The van der Waals surface area contributed by atoms with Crippen LogP contribution in [0.5, 0.6) is 0 Å². The first-order valence-electron chi connectivity index (χ1n) is 12.3. The summed E-state index contributed by atoms with van der Waals surface area (Å²) in [4.78, 5) is 39.1. The quantitative estimate of drug-likeness (QED) is 0.240. The number of hydrogen-bond acceptors (Lipinski definition) is 5. The van der Waals surface area contributed by atoms with Gasteiger partial charge in [0.15, 0.2) is 0 Å². The van der Waals surface area contributed by atoms with Crippen molar-refractivity contribution in [1.82, 2.24) is 4.90 Å². The van der Waals surface area contributed by atoms with Crippen LogP contribution in [0, 0.1) is 0 Å². The average molecular weight is 493 g/mol. The molecule has 7 nitrogen and oxygen atoms in total. The number of anilines is 2. The minimum absolute atomic E-state index is 0.223. The summed E-state index contributed by atoms with van der Waals surface area (Å²) in [6, 6.07) is 26.2. The van der Waals surface area contributed by atoms with Crippen LogP contribution in [0.15, 0.2) is 84.9 Å². The molecule has 0 aromatic heterocycles. The summed E-state index contributed by atoms with van der Waals surface area (Å²) in [5, 5.41) is 7.80. The van der Waals surface area contributed by atoms with Gasteiger partial charge in [0.2, 0.25) is 5.91 Å². The third-order valence-corrected chi connectivity index (χ3v) is 6.53. The van der Waals surface area contributed by atoms with Crippen LogP contribution in [0.2, 0.25) is 0 Å². The number of carbonyl (C=O) groups is 3. The molecule has 1 aliphatic heterocycles. The highest BCUT2D eigenvalue weighted by Gasteiger charge is 2.32. The van der Waals surface area contributed by atoms with E-state index in [1.807, 2.05) is 72.8 Å². The first kappa shape index (κ1) is 24.2. The minimum atomic E-state index is -0.563. The fourth-order valence-corrected chi connectivity index (χ4v) is 4.54. The Morgan fingerprint density at radius 3 is 1.89 bits per heavy atom. The Balaban J connectivity index is 1.16. The molecule has 4 aromatic carbocycles. The minimum Gasteiger partial charge on any atom is -0.385 e. The van der Waals surface area contributed by atoms with Gasteiger partial charge < -0.3 is 16.4 Å². The number of hydrogen-bond donors (Lipinski definition) is 3. The van der Waals surface area contributed by atoms with Gasteiger partial charge in [-0.2, -0.15) is 0 Å². The van der Waals surface area contributed by atoms with E-state index < -0.39 is 6.04 Å². The Kier molecular flexibility index (Phi) is 6.70.